The van der Waals surface area contributed by atoms with E-state index in [9.17, 15) is 0 Å². The van der Waals surface area contributed by atoms with Crippen LogP contribution in [-0.4, -0.2) is 44.8 Å². The van der Waals surface area contributed by atoms with Gasteiger partial charge in [-0.05, 0) is 151 Å². The molecule has 0 spiro atoms. The molecular formula is C49H56N3O3PS. The Labute approximate surface area is 346 Å². The first-order valence-corrected chi connectivity index (χ1v) is 22.7. The number of anilines is 1. The van der Waals surface area contributed by atoms with Crippen LogP contribution in [0.2, 0.25) is 0 Å². The van der Waals surface area contributed by atoms with Crippen molar-refractivity contribution in [2.45, 2.75) is 71.6 Å². The molecule has 0 saturated carbocycles. The van der Waals surface area contributed by atoms with E-state index in [2.05, 4.69) is 110 Å². The van der Waals surface area contributed by atoms with Gasteiger partial charge in [-0.1, -0.05) is 81.2 Å². The van der Waals surface area contributed by atoms with E-state index in [-0.39, 0.29) is 5.41 Å². The summed E-state index contributed by atoms with van der Waals surface area (Å²) in [6.07, 6.45) is 8.98. The predicted molar refractivity (Wildman–Crippen MR) is 243 cm³/mol. The molecular weight excluding hydrogens is 742 g/mol. The maximum Gasteiger partial charge on any atom is 0.207 e. The molecule has 5 aromatic rings. The number of fused-ring (bicyclic) bond motifs is 3. The molecule has 1 unspecified atom stereocenters. The molecule has 0 saturated heterocycles. The van der Waals surface area contributed by atoms with Crippen molar-refractivity contribution in [1.29, 1.82) is 0 Å². The van der Waals surface area contributed by atoms with E-state index in [4.69, 9.17) is 25.8 Å². The number of hydrazone groups is 1. The molecule has 0 heterocycles. The molecule has 0 radical (unpaired) electrons. The molecule has 296 valence electrons. The Balaban J connectivity index is 1.04. The number of ether oxygens (including phenoxy) is 2. The fourth-order valence-electron chi connectivity index (χ4n) is 7.61. The normalized spacial score (nSPS) is 12.9. The number of benzene rings is 5. The fourth-order valence-corrected chi connectivity index (χ4v) is 8.66. The second kappa shape index (κ2) is 19.9. The van der Waals surface area contributed by atoms with Crippen molar-refractivity contribution in [1.82, 2.24) is 4.78 Å². The standard InChI is InChI=1S/C49H56N3O3PS/c1-7-10-30-49(31-11-8-2)47-34-37(4)12-28-45(47)46-29-19-39(35-48(46)49)14-13-38-15-20-41(21-16-38)52(9-3)32-33-54-43-24-26-44(27-25-43)55-56(57)51(5)50-36-40-17-22-42(53-6)23-18-40/h12,15-29,34-36,56H,7-11,30-33H2,1-6H3/b50-36+. The van der Waals surface area contributed by atoms with E-state index in [0.717, 1.165) is 47.0 Å². The molecule has 6 nitrogen and oxygen atoms in total. The minimum absolute atomic E-state index is 0.0653. The third kappa shape index (κ3) is 10.3. The molecule has 0 amide bonds. The fraction of sp³-hybridized carbons (Fsp3) is 0.327. The smallest absolute Gasteiger partial charge is 0.207 e. The average Bonchev–Trinajstić information content (AvgIpc) is 3.50. The van der Waals surface area contributed by atoms with Gasteiger partial charge >= 0.3 is 0 Å². The summed E-state index contributed by atoms with van der Waals surface area (Å²) in [5.41, 5.74) is 11.4. The van der Waals surface area contributed by atoms with Gasteiger partial charge in [-0.15, -0.1) is 0 Å². The zero-order valence-electron chi connectivity index (χ0n) is 34.3. The van der Waals surface area contributed by atoms with Gasteiger partial charge in [0.1, 0.15) is 23.9 Å². The Morgan fingerprint density at radius 2 is 1.33 bits per heavy atom. The zero-order valence-corrected chi connectivity index (χ0v) is 36.1. The average molecular weight is 798 g/mol. The molecule has 0 aromatic heterocycles. The summed E-state index contributed by atoms with van der Waals surface area (Å²) < 4.78 is 19.1. The molecule has 8 heteroatoms. The quantitative estimate of drug-likeness (QED) is 0.0381. The summed E-state index contributed by atoms with van der Waals surface area (Å²) in [5.74, 6) is 9.26. The summed E-state index contributed by atoms with van der Waals surface area (Å²) in [4.78, 5) is 2.31. The van der Waals surface area contributed by atoms with Gasteiger partial charge in [0.25, 0.3) is 0 Å². The summed E-state index contributed by atoms with van der Waals surface area (Å²) in [6, 6.07) is 37.9. The van der Waals surface area contributed by atoms with Gasteiger partial charge in [-0.3, -0.25) is 0 Å². The zero-order chi connectivity index (χ0) is 40.2. The van der Waals surface area contributed by atoms with Crippen molar-refractivity contribution in [2.75, 3.05) is 38.8 Å². The lowest BCUT2D eigenvalue weighted by Gasteiger charge is -2.33. The predicted octanol–water partition coefficient (Wildman–Crippen LogP) is 11.8. The van der Waals surface area contributed by atoms with Crippen LogP contribution in [0.5, 0.6) is 17.2 Å². The number of hydrogen-bond acceptors (Lipinski definition) is 6. The van der Waals surface area contributed by atoms with Crippen molar-refractivity contribution < 1.29 is 14.0 Å². The van der Waals surface area contributed by atoms with Crippen LogP contribution in [0.3, 0.4) is 0 Å². The number of aryl methyl sites for hydroxylation is 1. The van der Waals surface area contributed by atoms with Crippen LogP contribution in [-0.2, 0) is 17.2 Å². The van der Waals surface area contributed by atoms with Gasteiger partial charge < -0.3 is 18.9 Å². The van der Waals surface area contributed by atoms with Crippen LogP contribution in [0.15, 0.2) is 114 Å². The molecule has 1 atom stereocenters. The number of nitrogens with zero attached hydrogens (tertiary/aromatic N) is 3. The Kier molecular flexibility index (Phi) is 14.5. The summed E-state index contributed by atoms with van der Waals surface area (Å²) >= 11 is 5.62. The first-order chi connectivity index (χ1) is 27.8. The molecule has 5 aromatic carbocycles. The first-order valence-electron chi connectivity index (χ1n) is 20.3. The third-order valence-electron chi connectivity index (χ3n) is 10.8. The molecule has 0 N–H and O–H groups in total. The highest BCUT2D eigenvalue weighted by Crippen LogP contribution is 2.54. The van der Waals surface area contributed by atoms with E-state index in [1.165, 1.54) is 66.3 Å². The molecule has 6 rings (SSSR count). The SMILES string of the molecule is CCCCC1(CCCC)c2cc(C)ccc2-c2ccc(C#Cc3ccc(N(CC)CCOc4ccc(O[PH](=S)N(C)/N=C/c5ccc(OC)cc5)cc4)cc3)cc21. The van der Waals surface area contributed by atoms with Crippen molar-refractivity contribution in [3.63, 3.8) is 0 Å². The summed E-state index contributed by atoms with van der Waals surface area (Å²) in [5, 5.41) is 4.47. The van der Waals surface area contributed by atoms with Crippen molar-refractivity contribution in [3.8, 4) is 40.2 Å². The Bertz CT molecular complexity index is 2200. The number of hydrogen-bond donors (Lipinski definition) is 0. The monoisotopic (exact) mass is 797 g/mol. The van der Waals surface area contributed by atoms with E-state index in [0.29, 0.717) is 12.4 Å². The van der Waals surface area contributed by atoms with Crippen LogP contribution in [0.25, 0.3) is 11.1 Å². The number of methoxy groups -OCH3 is 1. The van der Waals surface area contributed by atoms with Crippen molar-refractivity contribution in [3.05, 3.63) is 143 Å². The molecule has 0 fully saturated rings. The van der Waals surface area contributed by atoms with Crippen LogP contribution in [0.1, 0.15) is 92.7 Å². The van der Waals surface area contributed by atoms with Crippen molar-refractivity contribution in [2.24, 2.45) is 5.10 Å². The minimum atomic E-state index is -1.78. The number of rotatable bonds is 18. The van der Waals surface area contributed by atoms with Crippen LogP contribution < -0.4 is 18.9 Å². The highest BCUT2D eigenvalue weighted by molar-refractivity contribution is 8.02. The van der Waals surface area contributed by atoms with Gasteiger partial charge in [0.15, 0.2) is 0 Å². The lowest BCUT2D eigenvalue weighted by molar-refractivity contribution is 0.324. The second-order valence-electron chi connectivity index (χ2n) is 14.7. The largest absolute Gasteiger partial charge is 0.497 e. The van der Waals surface area contributed by atoms with E-state index < -0.39 is 7.07 Å². The van der Waals surface area contributed by atoms with Gasteiger partial charge in [0, 0.05) is 35.8 Å². The van der Waals surface area contributed by atoms with Crippen LogP contribution >= 0.6 is 7.07 Å². The Morgan fingerprint density at radius 1 is 0.737 bits per heavy atom. The maximum atomic E-state index is 6.12. The lowest BCUT2D eigenvalue weighted by Crippen LogP contribution is -2.28. The van der Waals surface area contributed by atoms with Gasteiger partial charge in [0.05, 0.1) is 19.9 Å². The Morgan fingerprint density at radius 3 is 1.98 bits per heavy atom. The van der Waals surface area contributed by atoms with Crippen LogP contribution in [0, 0.1) is 18.8 Å². The maximum absolute atomic E-state index is 6.12. The van der Waals surface area contributed by atoms with Crippen LogP contribution in [0.4, 0.5) is 5.69 Å². The lowest BCUT2D eigenvalue weighted by atomic mass is 9.70. The van der Waals surface area contributed by atoms with Crippen molar-refractivity contribution >= 4 is 30.8 Å². The van der Waals surface area contributed by atoms with Gasteiger partial charge in [-0.25, -0.2) is 4.78 Å². The van der Waals surface area contributed by atoms with Gasteiger partial charge in [0.2, 0.25) is 7.07 Å². The second-order valence-corrected chi connectivity index (χ2v) is 17.1. The molecule has 1 aliphatic rings. The Hall–Kier alpha value is -5.02. The topological polar surface area (TPSA) is 46.5 Å². The molecule has 0 bridgehead atoms. The van der Waals surface area contributed by atoms with Gasteiger partial charge in [-0.2, -0.15) is 5.10 Å². The van der Waals surface area contributed by atoms with E-state index >= 15 is 0 Å². The summed E-state index contributed by atoms with van der Waals surface area (Å²) in [6.45, 7) is 11.2. The van der Waals surface area contributed by atoms with E-state index in [1.54, 1.807) is 18.1 Å². The third-order valence-corrected chi connectivity index (χ3v) is 12.9. The highest BCUT2D eigenvalue weighted by atomic mass is 32.4. The molecule has 1 aliphatic carbocycles. The minimum Gasteiger partial charge on any atom is -0.497 e. The first kappa shape index (κ1) is 41.6. The number of likely N-dealkylation sites (N-methyl/N-ethyl adjacent to an activating group) is 1. The number of unbranched alkanes of at least 4 members (excludes halogenated alkanes) is 2. The molecule has 57 heavy (non-hydrogen) atoms. The summed E-state index contributed by atoms with van der Waals surface area (Å²) in [7, 11) is 1.70. The molecule has 0 aliphatic heterocycles. The highest BCUT2D eigenvalue weighted by Gasteiger charge is 2.42. The van der Waals surface area contributed by atoms with E-state index in [1.807, 2.05) is 55.6 Å².